The number of hydrogen-bond acceptors (Lipinski definition) is 6. The molecule has 0 saturated carbocycles. The Morgan fingerprint density at radius 1 is 1.37 bits per heavy atom. The third-order valence-corrected chi connectivity index (χ3v) is 4.71. The summed E-state index contributed by atoms with van der Waals surface area (Å²) in [5.74, 6) is 0.272. The van der Waals surface area contributed by atoms with E-state index in [2.05, 4.69) is 43.2 Å². The Morgan fingerprint density at radius 2 is 2.19 bits per heavy atom. The number of carbonyl (C=O) groups excluding carboxylic acids is 1. The summed E-state index contributed by atoms with van der Waals surface area (Å²) < 4.78 is 7.43. The highest BCUT2D eigenvalue weighted by Gasteiger charge is 2.12. The number of aromatic nitrogens is 3. The lowest BCUT2D eigenvalue weighted by molar-refractivity contribution is -0.122. The van der Waals surface area contributed by atoms with Crippen molar-refractivity contribution in [2.24, 2.45) is 0 Å². The summed E-state index contributed by atoms with van der Waals surface area (Å²) in [7, 11) is 1.51. The fourth-order valence-corrected chi connectivity index (χ4v) is 3.25. The van der Waals surface area contributed by atoms with Gasteiger partial charge in [0.2, 0.25) is 0 Å². The van der Waals surface area contributed by atoms with Gasteiger partial charge in [0.15, 0.2) is 18.2 Å². The van der Waals surface area contributed by atoms with Gasteiger partial charge in [-0.25, -0.2) is 9.97 Å². The number of fused-ring (bicyclic) bond motifs is 1. The van der Waals surface area contributed by atoms with E-state index in [0.717, 1.165) is 16.6 Å². The molecule has 0 aliphatic rings. The molecule has 10 heteroatoms. The highest BCUT2D eigenvalue weighted by atomic mass is 127. The van der Waals surface area contributed by atoms with Crippen molar-refractivity contribution in [2.45, 2.75) is 4.55 Å². The molecule has 0 atom stereocenters. The van der Waals surface area contributed by atoms with Crippen molar-refractivity contribution in [1.29, 1.82) is 0 Å². The molecule has 0 unspecified atom stereocenters. The predicted octanol–water partition coefficient (Wildman–Crippen LogP) is 2.71. The van der Waals surface area contributed by atoms with Gasteiger partial charge >= 0.3 is 0 Å². The van der Waals surface area contributed by atoms with Crippen LogP contribution in [0.15, 0.2) is 41.6 Å². The smallest absolute Gasteiger partial charge is 0.294 e. The third-order valence-electron chi connectivity index (χ3n) is 3.75. The standard InChI is InChI=1S/C17H15ClIN5O3/c1-20-15(25)7-27-14-5-10-4-11(23-16-12(18)6-21-9-22-16)2-3-13(10)24(8-19)17(14)26/h2-6,9H,7-8H2,1H3,(H,20,25)(H,21,22,23). The fraction of sp³-hybridized carbons (Fsp3) is 0.176. The van der Waals surface area contributed by atoms with E-state index < -0.39 is 0 Å². The van der Waals surface area contributed by atoms with Gasteiger partial charge in [-0.05, 0) is 24.3 Å². The van der Waals surface area contributed by atoms with Crippen LogP contribution < -0.4 is 20.9 Å². The lowest BCUT2D eigenvalue weighted by Gasteiger charge is -2.13. The predicted molar refractivity (Wildman–Crippen MR) is 112 cm³/mol. The molecule has 140 valence electrons. The number of alkyl halides is 1. The summed E-state index contributed by atoms with van der Waals surface area (Å²) in [5, 5.41) is 6.74. The highest BCUT2D eigenvalue weighted by Crippen LogP contribution is 2.26. The largest absolute Gasteiger partial charge is 0.478 e. The van der Waals surface area contributed by atoms with E-state index in [-0.39, 0.29) is 23.8 Å². The number of amides is 1. The number of nitrogens with zero attached hydrogens (tertiary/aromatic N) is 3. The van der Waals surface area contributed by atoms with Crippen LogP contribution in [-0.4, -0.2) is 34.1 Å². The molecule has 0 fully saturated rings. The number of rotatable bonds is 6. The summed E-state index contributed by atoms with van der Waals surface area (Å²) in [6, 6.07) is 7.13. The molecule has 2 N–H and O–H groups in total. The van der Waals surface area contributed by atoms with Gasteiger partial charge in [0.05, 0.1) is 16.3 Å². The monoisotopic (exact) mass is 499 g/mol. The maximum absolute atomic E-state index is 12.6. The molecule has 2 aromatic heterocycles. The lowest BCUT2D eigenvalue weighted by Crippen LogP contribution is -2.28. The molecule has 0 saturated heterocycles. The van der Waals surface area contributed by atoms with Crippen molar-refractivity contribution >= 4 is 62.5 Å². The molecule has 27 heavy (non-hydrogen) atoms. The van der Waals surface area contributed by atoms with Gasteiger partial charge in [0.1, 0.15) is 11.3 Å². The molecule has 0 spiro atoms. The number of hydrogen-bond donors (Lipinski definition) is 2. The van der Waals surface area contributed by atoms with Crippen LogP contribution in [0.4, 0.5) is 11.5 Å². The summed E-state index contributed by atoms with van der Waals surface area (Å²) in [5.41, 5.74) is 1.19. The maximum atomic E-state index is 12.6. The van der Waals surface area contributed by atoms with Crippen molar-refractivity contribution < 1.29 is 9.53 Å². The van der Waals surface area contributed by atoms with E-state index in [4.69, 9.17) is 16.3 Å². The first-order chi connectivity index (χ1) is 13.0. The number of likely N-dealkylation sites (N-methyl/N-ethyl adjacent to an activating group) is 1. The van der Waals surface area contributed by atoms with Crippen LogP contribution in [0.2, 0.25) is 5.02 Å². The van der Waals surface area contributed by atoms with Crippen LogP contribution in [-0.2, 0) is 9.35 Å². The fourth-order valence-electron chi connectivity index (χ4n) is 2.42. The first kappa shape index (κ1) is 19.4. The zero-order valence-corrected chi connectivity index (χ0v) is 17.1. The Morgan fingerprint density at radius 3 is 2.89 bits per heavy atom. The zero-order chi connectivity index (χ0) is 19.4. The minimum Gasteiger partial charge on any atom is -0.478 e. The quantitative estimate of drug-likeness (QED) is 0.400. The van der Waals surface area contributed by atoms with Crippen molar-refractivity contribution in [2.75, 3.05) is 19.0 Å². The maximum Gasteiger partial charge on any atom is 0.294 e. The molecule has 0 radical (unpaired) electrons. The zero-order valence-electron chi connectivity index (χ0n) is 14.2. The first-order valence-electron chi connectivity index (χ1n) is 7.83. The van der Waals surface area contributed by atoms with Crippen LogP contribution >= 0.6 is 34.2 Å². The molecule has 3 aromatic rings. The van der Waals surface area contributed by atoms with Gasteiger partial charge in [0.25, 0.3) is 11.5 Å². The van der Waals surface area contributed by atoms with Gasteiger partial charge < -0.3 is 15.4 Å². The summed E-state index contributed by atoms with van der Waals surface area (Å²) in [4.78, 5) is 32.0. The van der Waals surface area contributed by atoms with E-state index >= 15 is 0 Å². The minimum atomic E-state index is -0.315. The topological polar surface area (TPSA) is 98.1 Å². The number of anilines is 2. The van der Waals surface area contributed by atoms with Gasteiger partial charge in [-0.1, -0.05) is 34.2 Å². The SMILES string of the molecule is CNC(=O)COc1cc2cc(Nc3ncncc3Cl)ccc2n(CI)c1=O. The van der Waals surface area contributed by atoms with Gasteiger partial charge in [-0.3, -0.25) is 14.2 Å². The van der Waals surface area contributed by atoms with Crippen LogP contribution in [0.1, 0.15) is 0 Å². The van der Waals surface area contributed by atoms with Crippen LogP contribution in [0.3, 0.4) is 0 Å². The number of benzene rings is 1. The second-order valence-corrected chi connectivity index (χ2v) is 6.53. The molecule has 0 aliphatic carbocycles. The van der Waals surface area contributed by atoms with Gasteiger partial charge in [0, 0.05) is 18.1 Å². The van der Waals surface area contributed by atoms with Crippen molar-refractivity contribution in [3.05, 3.63) is 52.2 Å². The van der Waals surface area contributed by atoms with E-state index in [1.54, 1.807) is 10.6 Å². The van der Waals surface area contributed by atoms with Gasteiger partial charge in [-0.15, -0.1) is 0 Å². The minimum absolute atomic E-state index is 0.111. The molecule has 0 bridgehead atoms. The Labute approximate surface area is 173 Å². The molecule has 3 rings (SSSR count). The number of nitrogens with one attached hydrogen (secondary N) is 2. The van der Waals surface area contributed by atoms with Crippen LogP contribution in [0.25, 0.3) is 10.9 Å². The molecule has 1 aromatic carbocycles. The Balaban J connectivity index is 2.01. The highest BCUT2D eigenvalue weighted by molar-refractivity contribution is 14.1. The van der Waals surface area contributed by atoms with E-state index in [1.807, 2.05) is 18.2 Å². The molecule has 2 heterocycles. The van der Waals surface area contributed by atoms with Crippen molar-refractivity contribution in [1.82, 2.24) is 19.9 Å². The van der Waals surface area contributed by atoms with Crippen molar-refractivity contribution in [3.8, 4) is 5.75 Å². The summed E-state index contributed by atoms with van der Waals surface area (Å²) >= 11 is 8.18. The molecular formula is C17H15ClIN5O3. The lowest BCUT2D eigenvalue weighted by atomic mass is 10.2. The third kappa shape index (κ3) is 4.30. The average molecular weight is 500 g/mol. The van der Waals surface area contributed by atoms with E-state index in [0.29, 0.717) is 15.4 Å². The number of carbonyl (C=O) groups is 1. The van der Waals surface area contributed by atoms with Crippen LogP contribution in [0, 0.1) is 0 Å². The normalized spacial score (nSPS) is 10.6. The molecule has 0 aliphatic heterocycles. The first-order valence-corrected chi connectivity index (χ1v) is 9.73. The summed E-state index contributed by atoms with van der Waals surface area (Å²) in [6.07, 6.45) is 2.89. The number of pyridine rings is 1. The van der Waals surface area contributed by atoms with Crippen molar-refractivity contribution in [3.63, 3.8) is 0 Å². The second-order valence-electron chi connectivity index (χ2n) is 5.44. The summed E-state index contributed by atoms with van der Waals surface area (Å²) in [6.45, 7) is -0.229. The number of halogens is 2. The Bertz CT molecular complexity index is 1060. The molecular weight excluding hydrogens is 485 g/mol. The Hall–Kier alpha value is -2.40. The second kappa shape index (κ2) is 8.53. The number of ether oxygens (including phenoxy) is 1. The average Bonchev–Trinajstić information content (AvgIpc) is 2.68. The van der Waals surface area contributed by atoms with E-state index in [1.165, 1.54) is 19.6 Å². The van der Waals surface area contributed by atoms with Gasteiger partial charge in [-0.2, -0.15) is 0 Å². The van der Waals surface area contributed by atoms with E-state index in [9.17, 15) is 9.59 Å². The van der Waals surface area contributed by atoms with Crippen LogP contribution in [0.5, 0.6) is 5.75 Å². The molecule has 1 amide bonds. The Kier molecular flexibility index (Phi) is 6.11. The molecule has 8 nitrogen and oxygen atoms in total.